The van der Waals surface area contributed by atoms with Gasteiger partial charge in [0.15, 0.2) is 0 Å². The first-order chi connectivity index (χ1) is 19.0. The monoisotopic (exact) mass is 575 g/mol. The Kier molecular flexibility index (Phi) is 8.41. The van der Waals surface area contributed by atoms with Gasteiger partial charge >= 0.3 is 0 Å². The smallest absolute Gasteiger partial charge is 0.109 e. The summed E-state index contributed by atoms with van der Waals surface area (Å²) in [4.78, 5) is 0. The van der Waals surface area contributed by atoms with Gasteiger partial charge in [-0.2, -0.15) is 0 Å². The molecule has 0 aliphatic heterocycles. The zero-order chi connectivity index (χ0) is 30.3. The molecule has 5 nitrogen and oxygen atoms in total. The topological polar surface area (TPSA) is 107 Å². The lowest BCUT2D eigenvalue weighted by molar-refractivity contribution is -0.246. The molecule has 41 heavy (non-hydrogen) atoms. The number of rotatable bonds is 7. The Hall–Kier alpha value is -0.200. The molecule has 6 N–H and O–H groups in total. The molecule has 5 heteroatoms. The van der Waals surface area contributed by atoms with Crippen LogP contribution in [0.3, 0.4) is 0 Å². The Morgan fingerprint density at radius 2 is 1.20 bits per heavy atom. The Bertz CT molecular complexity index is 956. The van der Waals surface area contributed by atoms with Crippen molar-refractivity contribution in [3.05, 3.63) is 0 Å². The standard InChI is InChI=1S/C36H65NO4/c1-21(19-25(38)30(40)31(41)26(39)20-37)23-12-16-33(5)24(23)13-17-35(7)28(33)9-10-29-34(6)15-11-22(2)32(3,4)27(34)14-18-36(29,35)8/h21-31,38-41H,9-20,37H2,1-8H3/t21?,22?,23-,24+,25?,26?,27+,28-,29-,30?,31?,33+,34+,35-,36-/m1/s1. The Morgan fingerprint density at radius 1 is 0.659 bits per heavy atom. The van der Waals surface area contributed by atoms with E-state index in [9.17, 15) is 20.4 Å². The van der Waals surface area contributed by atoms with Crippen molar-refractivity contribution in [3.63, 3.8) is 0 Å². The SMILES string of the molecule is CC(CC(O)C(O)C(O)C(O)CN)[C@H]1CC[C@]2(C)[C@H]3CC[C@@H]4[C@@]5(C)CCC(C)C(C)(C)[C@@H]5CC[C@@]4(C)[C@]3(C)CC[C@@H]12. The first-order valence-electron chi connectivity index (χ1n) is 17.4. The van der Waals surface area contributed by atoms with Crippen molar-refractivity contribution in [3.8, 4) is 0 Å². The highest BCUT2D eigenvalue weighted by Crippen LogP contribution is 2.78. The lowest BCUT2D eigenvalue weighted by atomic mass is 9.31. The minimum Gasteiger partial charge on any atom is -0.390 e. The molecule has 15 atom stereocenters. The van der Waals surface area contributed by atoms with E-state index >= 15 is 0 Å². The average molecular weight is 576 g/mol. The van der Waals surface area contributed by atoms with Crippen molar-refractivity contribution >= 4 is 0 Å². The summed E-state index contributed by atoms with van der Waals surface area (Å²) in [5, 5.41) is 41.5. The normalized spacial score (nSPS) is 50.9. The van der Waals surface area contributed by atoms with Gasteiger partial charge in [-0.3, -0.25) is 0 Å². The van der Waals surface area contributed by atoms with Crippen LogP contribution >= 0.6 is 0 Å². The summed E-state index contributed by atoms with van der Waals surface area (Å²) in [5.74, 6) is 4.67. The van der Waals surface area contributed by atoms with E-state index in [0.29, 0.717) is 45.3 Å². The average Bonchev–Trinajstić information content (AvgIpc) is 3.27. The molecule has 5 aliphatic carbocycles. The second kappa shape index (κ2) is 10.7. The third-order valence-electron chi connectivity index (χ3n) is 16.3. The summed E-state index contributed by atoms with van der Waals surface area (Å²) in [6.07, 6.45) is 8.77. The van der Waals surface area contributed by atoms with E-state index in [-0.39, 0.29) is 12.5 Å². The number of fused-ring (bicyclic) bond motifs is 7. The molecule has 0 heterocycles. The van der Waals surface area contributed by atoms with E-state index < -0.39 is 24.4 Å². The summed E-state index contributed by atoms with van der Waals surface area (Å²) < 4.78 is 0. The number of aliphatic hydroxyl groups excluding tert-OH is 4. The van der Waals surface area contributed by atoms with Crippen LogP contribution in [0.2, 0.25) is 0 Å². The molecule has 0 aromatic heterocycles. The zero-order valence-electron chi connectivity index (χ0n) is 27.7. The van der Waals surface area contributed by atoms with E-state index in [1.807, 2.05) is 0 Å². The van der Waals surface area contributed by atoms with Gasteiger partial charge in [0.05, 0.1) is 12.2 Å². The fraction of sp³-hybridized carbons (Fsp3) is 1.00. The molecule has 0 aromatic rings. The molecule has 5 fully saturated rings. The van der Waals surface area contributed by atoms with Crippen molar-refractivity contribution < 1.29 is 20.4 Å². The first kappa shape index (κ1) is 32.2. The summed E-state index contributed by atoms with van der Waals surface area (Å²) in [5.41, 5.74) is 7.46. The zero-order valence-corrected chi connectivity index (χ0v) is 27.7. The Balaban J connectivity index is 1.34. The lowest BCUT2D eigenvalue weighted by Gasteiger charge is -2.73. The van der Waals surface area contributed by atoms with Crippen LogP contribution in [0.15, 0.2) is 0 Å². The highest BCUT2D eigenvalue weighted by Gasteiger charge is 2.70. The van der Waals surface area contributed by atoms with Crippen LogP contribution in [0.25, 0.3) is 0 Å². The summed E-state index contributed by atoms with van der Waals surface area (Å²) in [6.45, 7) is 20.6. The molecular weight excluding hydrogens is 510 g/mol. The van der Waals surface area contributed by atoms with Crippen molar-refractivity contribution in [2.45, 2.75) is 150 Å². The predicted octanol–water partition coefficient (Wildman–Crippen LogP) is 6.15. The van der Waals surface area contributed by atoms with E-state index in [0.717, 1.165) is 23.7 Å². The van der Waals surface area contributed by atoms with Gasteiger partial charge < -0.3 is 26.2 Å². The third kappa shape index (κ3) is 4.55. The molecule has 0 amide bonds. The van der Waals surface area contributed by atoms with Crippen LogP contribution in [-0.2, 0) is 0 Å². The van der Waals surface area contributed by atoms with Crippen LogP contribution in [0, 0.1) is 68.5 Å². The van der Waals surface area contributed by atoms with Crippen molar-refractivity contribution in [1.29, 1.82) is 0 Å². The molecule has 0 saturated heterocycles. The maximum absolute atomic E-state index is 10.8. The molecule has 5 saturated carbocycles. The van der Waals surface area contributed by atoms with Gasteiger partial charge in [0.25, 0.3) is 0 Å². The molecule has 0 aromatic carbocycles. The molecule has 5 rings (SSSR count). The van der Waals surface area contributed by atoms with Gasteiger partial charge in [-0.05, 0) is 139 Å². The predicted molar refractivity (Wildman–Crippen MR) is 166 cm³/mol. The second-order valence-corrected chi connectivity index (χ2v) is 17.8. The molecule has 5 aliphatic rings. The van der Waals surface area contributed by atoms with E-state index in [4.69, 9.17) is 5.73 Å². The summed E-state index contributed by atoms with van der Waals surface area (Å²) in [7, 11) is 0. The van der Waals surface area contributed by atoms with Crippen molar-refractivity contribution in [1.82, 2.24) is 0 Å². The Morgan fingerprint density at radius 3 is 1.80 bits per heavy atom. The summed E-state index contributed by atoms with van der Waals surface area (Å²) >= 11 is 0. The van der Waals surface area contributed by atoms with Gasteiger partial charge in [-0.1, -0.05) is 55.4 Å². The van der Waals surface area contributed by atoms with Gasteiger partial charge in [0.2, 0.25) is 0 Å². The maximum Gasteiger partial charge on any atom is 0.109 e. The van der Waals surface area contributed by atoms with E-state index in [1.165, 1.54) is 64.2 Å². The van der Waals surface area contributed by atoms with Crippen LogP contribution in [0.1, 0.15) is 126 Å². The van der Waals surface area contributed by atoms with Crippen LogP contribution in [0.4, 0.5) is 0 Å². The largest absolute Gasteiger partial charge is 0.390 e. The van der Waals surface area contributed by atoms with Gasteiger partial charge in [0.1, 0.15) is 12.2 Å². The number of nitrogens with two attached hydrogens (primary N) is 1. The van der Waals surface area contributed by atoms with Crippen molar-refractivity contribution in [2.24, 2.45) is 74.2 Å². The maximum atomic E-state index is 10.8. The second-order valence-electron chi connectivity index (χ2n) is 17.8. The fourth-order valence-corrected chi connectivity index (χ4v) is 13.4. The molecule has 238 valence electrons. The van der Waals surface area contributed by atoms with E-state index in [1.54, 1.807) is 0 Å². The molecule has 0 spiro atoms. The van der Waals surface area contributed by atoms with Crippen LogP contribution in [-0.4, -0.2) is 51.4 Å². The number of hydrogen-bond acceptors (Lipinski definition) is 5. The van der Waals surface area contributed by atoms with Gasteiger partial charge in [-0.25, -0.2) is 0 Å². The molecular formula is C36H65NO4. The minimum atomic E-state index is -1.42. The van der Waals surface area contributed by atoms with Gasteiger partial charge in [0, 0.05) is 6.54 Å². The highest BCUT2D eigenvalue weighted by atomic mass is 16.4. The quantitative estimate of drug-likeness (QED) is 0.250. The lowest BCUT2D eigenvalue weighted by Crippen LogP contribution is -2.66. The number of aliphatic hydroxyl groups is 4. The van der Waals surface area contributed by atoms with Gasteiger partial charge in [-0.15, -0.1) is 0 Å². The minimum absolute atomic E-state index is 0.139. The molecule has 0 radical (unpaired) electrons. The fourth-order valence-electron chi connectivity index (χ4n) is 13.4. The highest BCUT2D eigenvalue weighted by molar-refractivity contribution is 5.19. The van der Waals surface area contributed by atoms with Crippen LogP contribution < -0.4 is 5.73 Å². The molecule has 6 unspecified atom stereocenters. The number of hydrogen-bond donors (Lipinski definition) is 5. The Labute approximate surface area is 251 Å². The molecule has 0 bridgehead atoms. The third-order valence-corrected chi connectivity index (χ3v) is 16.3. The van der Waals surface area contributed by atoms with E-state index in [2.05, 4.69) is 55.4 Å². The summed E-state index contributed by atoms with van der Waals surface area (Å²) in [6, 6.07) is 0. The van der Waals surface area contributed by atoms with Crippen molar-refractivity contribution in [2.75, 3.05) is 6.54 Å². The van der Waals surface area contributed by atoms with Crippen LogP contribution in [0.5, 0.6) is 0 Å². The first-order valence-corrected chi connectivity index (χ1v) is 17.4.